The smallest absolute Gasteiger partial charge is 0.329 e. The van der Waals surface area contributed by atoms with Crippen LogP contribution in [-0.4, -0.2) is 43.6 Å². The van der Waals surface area contributed by atoms with E-state index in [9.17, 15) is 18.8 Å². The Bertz CT molecular complexity index is 979. The molecule has 0 bridgehead atoms. The highest BCUT2D eigenvalue weighted by Gasteiger charge is 2.27. The Kier molecular flexibility index (Phi) is 9.65. The van der Waals surface area contributed by atoms with Crippen LogP contribution in [0.1, 0.15) is 38.1 Å². The van der Waals surface area contributed by atoms with Gasteiger partial charge in [0.2, 0.25) is 0 Å². The van der Waals surface area contributed by atoms with Gasteiger partial charge in [-0.05, 0) is 44.0 Å². The number of rotatable bonds is 11. The lowest BCUT2D eigenvalue weighted by Crippen LogP contribution is -2.46. The summed E-state index contributed by atoms with van der Waals surface area (Å²) in [7, 11) is 0. The maximum atomic E-state index is 13.9. The molecular weight excluding hydrogens is 431 g/mol. The molecule has 0 aliphatic carbocycles. The van der Waals surface area contributed by atoms with Crippen LogP contribution in [0.25, 0.3) is 0 Å². The minimum Gasteiger partial charge on any atom is -0.494 e. The van der Waals surface area contributed by atoms with Crippen molar-refractivity contribution in [3.8, 4) is 11.5 Å². The number of carbonyl (C=O) groups excluding carboxylic acids is 3. The molecule has 1 atom stereocenters. The molecule has 0 heterocycles. The number of hydrogen-bond acceptors (Lipinski definition) is 6. The van der Waals surface area contributed by atoms with Crippen molar-refractivity contribution >= 4 is 23.5 Å². The largest absolute Gasteiger partial charge is 0.494 e. The fourth-order valence-corrected chi connectivity index (χ4v) is 2.92. The van der Waals surface area contributed by atoms with E-state index in [-0.39, 0.29) is 11.5 Å². The molecule has 8 nitrogen and oxygen atoms in total. The zero-order chi connectivity index (χ0) is 24.4. The monoisotopic (exact) mass is 460 g/mol. The van der Waals surface area contributed by atoms with Crippen LogP contribution < -0.4 is 20.1 Å². The van der Waals surface area contributed by atoms with Crippen LogP contribution in [-0.2, 0) is 14.3 Å². The van der Waals surface area contributed by atoms with Crippen molar-refractivity contribution in [1.82, 2.24) is 5.32 Å². The summed E-state index contributed by atoms with van der Waals surface area (Å²) in [6, 6.07) is 9.37. The molecule has 0 fully saturated rings. The fraction of sp³-hybridized carbons (Fsp3) is 0.375. The summed E-state index contributed by atoms with van der Waals surface area (Å²) >= 11 is 0. The average Bonchev–Trinajstić information content (AvgIpc) is 2.78. The second kappa shape index (κ2) is 12.4. The molecule has 2 amide bonds. The van der Waals surface area contributed by atoms with Crippen molar-refractivity contribution in [2.45, 2.75) is 33.7 Å². The van der Waals surface area contributed by atoms with Crippen molar-refractivity contribution in [3.05, 3.63) is 53.8 Å². The standard InChI is InChI=1S/C24H29FN2O6/c1-5-31-16-11-12-20(32-6-2)19(13-16)26-21(28)14-33-24(30)22(15(3)4)27-23(29)17-9-7-8-10-18(17)25/h7-13,15,22H,5-6,14H2,1-4H3,(H,26,28)(H,27,29)/t22-/m0/s1. The van der Waals surface area contributed by atoms with Crippen molar-refractivity contribution in [2.24, 2.45) is 5.92 Å². The van der Waals surface area contributed by atoms with Gasteiger partial charge in [-0.25, -0.2) is 9.18 Å². The molecule has 2 rings (SSSR count). The lowest BCUT2D eigenvalue weighted by atomic mass is 10.0. The average molecular weight is 461 g/mol. The van der Waals surface area contributed by atoms with E-state index in [4.69, 9.17) is 14.2 Å². The maximum Gasteiger partial charge on any atom is 0.329 e. The minimum absolute atomic E-state index is 0.189. The quantitative estimate of drug-likeness (QED) is 0.497. The molecule has 0 aliphatic rings. The van der Waals surface area contributed by atoms with Gasteiger partial charge in [-0.2, -0.15) is 0 Å². The first-order chi connectivity index (χ1) is 15.8. The van der Waals surface area contributed by atoms with E-state index in [0.29, 0.717) is 30.4 Å². The number of anilines is 1. The normalized spacial score (nSPS) is 11.5. The molecule has 178 valence electrons. The molecule has 33 heavy (non-hydrogen) atoms. The van der Waals surface area contributed by atoms with E-state index in [2.05, 4.69) is 10.6 Å². The SMILES string of the molecule is CCOc1ccc(OCC)c(NC(=O)COC(=O)[C@@H](NC(=O)c2ccccc2F)C(C)C)c1. The number of ether oxygens (including phenoxy) is 3. The summed E-state index contributed by atoms with van der Waals surface area (Å²) in [5.41, 5.74) is 0.184. The number of carbonyl (C=O) groups is 3. The third-order valence-electron chi connectivity index (χ3n) is 4.51. The second-order valence-corrected chi connectivity index (χ2v) is 7.35. The maximum absolute atomic E-state index is 13.9. The van der Waals surface area contributed by atoms with E-state index in [1.54, 1.807) is 32.0 Å². The van der Waals surface area contributed by atoms with Crippen LogP contribution >= 0.6 is 0 Å². The summed E-state index contributed by atoms with van der Waals surface area (Å²) in [5.74, 6) is -2.23. The van der Waals surface area contributed by atoms with Gasteiger partial charge in [0.15, 0.2) is 6.61 Å². The predicted molar refractivity (Wildman–Crippen MR) is 121 cm³/mol. The van der Waals surface area contributed by atoms with E-state index >= 15 is 0 Å². The number of halogens is 1. The van der Waals surface area contributed by atoms with Gasteiger partial charge in [0.1, 0.15) is 23.4 Å². The molecule has 2 N–H and O–H groups in total. The van der Waals surface area contributed by atoms with Gasteiger partial charge in [0, 0.05) is 6.07 Å². The zero-order valence-corrected chi connectivity index (χ0v) is 19.1. The van der Waals surface area contributed by atoms with Crippen LogP contribution in [0.3, 0.4) is 0 Å². The molecule has 0 aromatic heterocycles. The Balaban J connectivity index is 2.01. The van der Waals surface area contributed by atoms with Crippen LogP contribution in [0.5, 0.6) is 11.5 Å². The summed E-state index contributed by atoms with van der Waals surface area (Å²) in [4.78, 5) is 37.3. The molecule has 0 saturated carbocycles. The van der Waals surface area contributed by atoms with Gasteiger partial charge in [0.05, 0.1) is 24.5 Å². The van der Waals surface area contributed by atoms with Gasteiger partial charge >= 0.3 is 5.97 Å². The molecule has 0 spiro atoms. The van der Waals surface area contributed by atoms with Gasteiger partial charge in [-0.1, -0.05) is 26.0 Å². The summed E-state index contributed by atoms with van der Waals surface area (Å²) < 4.78 is 29.9. The van der Waals surface area contributed by atoms with Crippen molar-refractivity contribution < 1.29 is 33.0 Å². The van der Waals surface area contributed by atoms with E-state index < -0.39 is 36.2 Å². The van der Waals surface area contributed by atoms with Gasteiger partial charge < -0.3 is 24.8 Å². The lowest BCUT2D eigenvalue weighted by Gasteiger charge is -2.21. The number of hydrogen-bond donors (Lipinski definition) is 2. The first-order valence-electron chi connectivity index (χ1n) is 10.7. The molecule has 2 aromatic carbocycles. The number of benzene rings is 2. The highest BCUT2D eigenvalue weighted by atomic mass is 19.1. The Morgan fingerprint density at radius 1 is 1.00 bits per heavy atom. The number of esters is 1. The Labute approximate surface area is 192 Å². The van der Waals surface area contributed by atoms with E-state index in [1.165, 1.54) is 18.2 Å². The highest BCUT2D eigenvalue weighted by molar-refractivity contribution is 5.98. The molecule has 0 unspecified atom stereocenters. The van der Waals surface area contributed by atoms with Crippen LogP contribution in [0.2, 0.25) is 0 Å². The molecule has 9 heteroatoms. The number of nitrogens with one attached hydrogen (secondary N) is 2. The van der Waals surface area contributed by atoms with Crippen molar-refractivity contribution in [3.63, 3.8) is 0 Å². The van der Waals surface area contributed by atoms with E-state index in [1.807, 2.05) is 13.8 Å². The molecule has 2 aromatic rings. The second-order valence-electron chi connectivity index (χ2n) is 7.35. The summed E-state index contributed by atoms with van der Waals surface area (Å²) in [5, 5.41) is 5.11. The first kappa shape index (κ1) is 25.6. The predicted octanol–water partition coefficient (Wildman–Crippen LogP) is 3.56. The number of amides is 2. The zero-order valence-electron chi connectivity index (χ0n) is 19.1. The summed E-state index contributed by atoms with van der Waals surface area (Å²) in [6.45, 7) is 7.30. The minimum atomic E-state index is -1.06. The van der Waals surface area contributed by atoms with Crippen LogP contribution in [0.4, 0.5) is 10.1 Å². The molecule has 0 saturated heterocycles. The third kappa shape index (κ3) is 7.48. The molecule has 0 aliphatic heterocycles. The van der Waals surface area contributed by atoms with Gasteiger partial charge in [-0.3, -0.25) is 9.59 Å². The Hall–Kier alpha value is -3.62. The van der Waals surface area contributed by atoms with Gasteiger partial charge in [-0.15, -0.1) is 0 Å². The van der Waals surface area contributed by atoms with Crippen molar-refractivity contribution in [1.29, 1.82) is 0 Å². The third-order valence-corrected chi connectivity index (χ3v) is 4.51. The van der Waals surface area contributed by atoms with Crippen molar-refractivity contribution in [2.75, 3.05) is 25.1 Å². The van der Waals surface area contributed by atoms with Crippen LogP contribution in [0, 0.1) is 11.7 Å². The summed E-state index contributed by atoms with van der Waals surface area (Å²) in [6.07, 6.45) is 0. The Morgan fingerprint density at radius 3 is 2.33 bits per heavy atom. The Morgan fingerprint density at radius 2 is 1.70 bits per heavy atom. The topological polar surface area (TPSA) is 103 Å². The highest BCUT2D eigenvalue weighted by Crippen LogP contribution is 2.29. The lowest BCUT2D eigenvalue weighted by molar-refractivity contribution is -0.150. The molecule has 0 radical (unpaired) electrons. The van der Waals surface area contributed by atoms with Crippen LogP contribution in [0.15, 0.2) is 42.5 Å². The molecular formula is C24H29FN2O6. The fourth-order valence-electron chi connectivity index (χ4n) is 2.92. The first-order valence-corrected chi connectivity index (χ1v) is 10.7. The van der Waals surface area contributed by atoms with E-state index in [0.717, 1.165) is 6.07 Å². The van der Waals surface area contributed by atoms with Gasteiger partial charge in [0.25, 0.3) is 11.8 Å².